The van der Waals surface area contributed by atoms with Gasteiger partial charge in [-0.05, 0) is 44.0 Å². The number of benzene rings is 2. The number of aromatic nitrogens is 2. The van der Waals surface area contributed by atoms with E-state index in [-0.39, 0.29) is 12.4 Å². The molecule has 0 aliphatic carbocycles. The third-order valence-electron chi connectivity index (χ3n) is 5.07. The van der Waals surface area contributed by atoms with Gasteiger partial charge in [-0.25, -0.2) is 14.5 Å². The molecule has 4 rings (SSSR count). The number of hydrogen-bond acceptors (Lipinski definition) is 5. The molecule has 2 heterocycles. The molecule has 1 fully saturated rings. The van der Waals surface area contributed by atoms with Crippen molar-refractivity contribution in [1.29, 1.82) is 0 Å². The Morgan fingerprint density at radius 2 is 1.87 bits per heavy atom. The molecule has 0 bridgehead atoms. The second-order valence-electron chi connectivity index (χ2n) is 7.28. The van der Waals surface area contributed by atoms with Crippen molar-refractivity contribution in [2.45, 2.75) is 19.8 Å². The maximum Gasteiger partial charge on any atom is 0.277 e. The van der Waals surface area contributed by atoms with E-state index < -0.39 is 11.7 Å². The molecule has 1 aliphatic rings. The number of aryl methyl sites for hydroxylation is 1. The summed E-state index contributed by atoms with van der Waals surface area (Å²) >= 11 is 0. The number of hydrazone groups is 1. The van der Waals surface area contributed by atoms with Crippen LogP contribution in [0.3, 0.4) is 0 Å². The summed E-state index contributed by atoms with van der Waals surface area (Å²) in [6.45, 7) is 3.48. The number of para-hydroxylation sites is 2. The number of nitrogens with one attached hydrogen (secondary N) is 1. The third-order valence-corrected chi connectivity index (χ3v) is 5.07. The first-order valence-corrected chi connectivity index (χ1v) is 10.2. The molecular weight excluding hydrogens is 397 g/mol. The number of halogens is 1. The normalized spacial score (nSPS) is 13.7. The second kappa shape index (κ2) is 9.42. The minimum atomic E-state index is -0.516. The van der Waals surface area contributed by atoms with Crippen LogP contribution in [0.4, 0.5) is 10.2 Å². The SMILES string of the molecule is Cc1nn(-c2ccccc2)c(N2CCCC2)c1/C=N/NC(=O)COc1ccccc1F. The Kier molecular flexibility index (Phi) is 6.26. The van der Waals surface area contributed by atoms with Crippen LogP contribution in [0.25, 0.3) is 5.69 Å². The minimum Gasteiger partial charge on any atom is -0.481 e. The van der Waals surface area contributed by atoms with E-state index in [0.717, 1.165) is 48.7 Å². The third kappa shape index (κ3) is 4.74. The molecule has 8 heteroatoms. The molecule has 31 heavy (non-hydrogen) atoms. The van der Waals surface area contributed by atoms with Crippen LogP contribution in [0.1, 0.15) is 24.1 Å². The lowest BCUT2D eigenvalue weighted by Gasteiger charge is -2.20. The number of hydrogen-bond donors (Lipinski definition) is 1. The summed E-state index contributed by atoms with van der Waals surface area (Å²) in [6, 6.07) is 15.9. The van der Waals surface area contributed by atoms with E-state index in [1.165, 1.54) is 12.1 Å². The first-order valence-electron chi connectivity index (χ1n) is 10.2. The highest BCUT2D eigenvalue weighted by molar-refractivity contribution is 5.90. The Labute approximate surface area is 180 Å². The van der Waals surface area contributed by atoms with E-state index in [1.807, 2.05) is 41.9 Å². The molecule has 7 nitrogen and oxygen atoms in total. The number of amides is 1. The Hall–Kier alpha value is -3.68. The Morgan fingerprint density at radius 1 is 1.16 bits per heavy atom. The van der Waals surface area contributed by atoms with Gasteiger partial charge in [0.15, 0.2) is 18.2 Å². The number of carbonyl (C=O) groups is 1. The maximum absolute atomic E-state index is 13.6. The van der Waals surface area contributed by atoms with E-state index in [9.17, 15) is 9.18 Å². The van der Waals surface area contributed by atoms with E-state index in [1.54, 1.807) is 18.3 Å². The van der Waals surface area contributed by atoms with Crippen LogP contribution in [0.5, 0.6) is 5.75 Å². The average molecular weight is 421 g/mol. The predicted octanol–water partition coefficient (Wildman–Crippen LogP) is 3.45. The number of anilines is 1. The zero-order valence-electron chi connectivity index (χ0n) is 17.3. The standard InChI is InChI=1S/C23H24FN5O2/c1-17-19(15-25-26-22(30)16-31-21-12-6-5-11-20(21)24)23(28-13-7-8-14-28)29(27-17)18-9-3-2-4-10-18/h2-6,9-12,15H,7-8,13-14,16H2,1H3,(H,26,30)/b25-15+. The van der Waals surface area contributed by atoms with Gasteiger partial charge in [-0.2, -0.15) is 10.2 Å². The molecule has 1 amide bonds. The zero-order chi connectivity index (χ0) is 21.6. The molecule has 1 N–H and O–H groups in total. The summed E-state index contributed by atoms with van der Waals surface area (Å²) in [5.74, 6) is -0.00641. The number of ether oxygens (including phenoxy) is 1. The Morgan fingerprint density at radius 3 is 2.61 bits per heavy atom. The van der Waals surface area contributed by atoms with E-state index in [4.69, 9.17) is 9.84 Å². The highest BCUT2D eigenvalue weighted by Crippen LogP contribution is 2.28. The van der Waals surface area contributed by atoms with Crippen molar-refractivity contribution in [3.63, 3.8) is 0 Å². The lowest BCUT2D eigenvalue weighted by atomic mass is 10.2. The smallest absolute Gasteiger partial charge is 0.277 e. The Balaban J connectivity index is 1.50. The molecule has 0 atom stereocenters. The van der Waals surface area contributed by atoms with Gasteiger partial charge in [0.2, 0.25) is 0 Å². The van der Waals surface area contributed by atoms with Gasteiger partial charge in [0.25, 0.3) is 5.91 Å². The van der Waals surface area contributed by atoms with Crippen molar-refractivity contribution in [3.8, 4) is 11.4 Å². The summed E-state index contributed by atoms with van der Waals surface area (Å²) in [6.07, 6.45) is 3.86. The largest absolute Gasteiger partial charge is 0.481 e. The topological polar surface area (TPSA) is 71.8 Å². The van der Waals surface area contributed by atoms with E-state index >= 15 is 0 Å². The van der Waals surface area contributed by atoms with Crippen molar-refractivity contribution in [3.05, 3.63) is 71.7 Å². The molecule has 3 aromatic rings. The lowest BCUT2D eigenvalue weighted by molar-refractivity contribution is -0.123. The van der Waals surface area contributed by atoms with Crippen molar-refractivity contribution in [2.75, 3.05) is 24.6 Å². The van der Waals surface area contributed by atoms with Gasteiger partial charge < -0.3 is 9.64 Å². The van der Waals surface area contributed by atoms with Crippen LogP contribution in [0.2, 0.25) is 0 Å². The van der Waals surface area contributed by atoms with E-state index in [0.29, 0.717) is 0 Å². The van der Waals surface area contributed by atoms with Crippen molar-refractivity contribution >= 4 is 17.9 Å². The van der Waals surface area contributed by atoms with Crippen LogP contribution in [0.15, 0.2) is 59.7 Å². The molecule has 1 aromatic heterocycles. The van der Waals surface area contributed by atoms with Crippen LogP contribution in [-0.4, -0.2) is 41.6 Å². The highest BCUT2D eigenvalue weighted by Gasteiger charge is 2.23. The maximum atomic E-state index is 13.6. The van der Waals surface area contributed by atoms with Crippen molar-refractivity contribution < 1.29 is 13.9 Å². The van der Waals surface area contributed by atoms with Gasteiger partial charge in [-0.3, -0.25) is 4.79 Å². The monoisotopic (exact) mass is 421 g/mol. The van der Waals surface area contributed by atoms with Gasteiger partial charge in [-0.15, -0.1) is 0 Å². The first kappa shape index (κ1) is 20.6. The fraction of sp³-hybridized carbons (Fsp3) is 0.261. The number of carbonyl (C=O) groups excluding carboxylic acids is 1. The lowest BCUT2D eigenvalue weighted by Crippen LogP contribution is -2.25. The van der Waals surface area contributed by atoms with Crippen LogP contribution >= 0.6 is 0 Å². The second-order valence-corrected chi connectivity index (χ2v) is 7.28. The van der Waals surface area contributed by atoms with Gasteiger partial charge in [0.1, 0.15) is 5.82 Å². The van der Waals surface area contributed by atoms with Gasteiger partial charge in [0, 0.05) is 13.1 Å². The fourth-order valence-corrected chi connectivity index (χ4v) is 3.57. The van der Waals surface area contributed by atoms with E-state index in [2.05, 4.69) is 15.4 Å². The molecule has 1 aliphatic heterocycles. The number of rotatable bonds is 7. The van der Waals surface area contributed by atoms with Gasteiger partial charge in [0.05, 0.1) is 23.2 Å². The van der Waals surface area contributed by atoms with Crippen molar-refractivity contribution in [1.82, 2.24) is 15.2 Å². The van der Waals surface area contributed by atoms with Gasteiger partial charge >= 0.3 is 0 Å². The summed E-state index contributed by atoms with van der Waals surface area (Å²) in [7, 11) is 0. The quantitative estimate of drug-likeness (QED) is 0.469. The minimum absolute atomic E-state index is 0.0259. The summed E-state index contributed by atoms with van der Waals surface area (Å²) in [4.78, 5) is 14.4. The molecule has 2 aromatic carbocycles. The van der Waals surface area contributed by atoms with Crippen LogP contribution < -0.4 is 15.1 Å². The summed E-state index contributed by atoms with van der Waals surface area (Å²) in [5, 5.41) is 8.81. The molecule has 0 unspecified atom stereocenters. The molecule has 0 saturated carbocycles. The average Bonchev–Trinajstić information content (AvgIpc) is 3.42. The van der Waals surface area contributed by atoms with Crippen LogP contribution in [-0.2, 0) is 4.79 Å². The molecular formula is C23H24FN5O2. The van der Waals surface area contributed by atoms with Gasteiger partial charge in [-0.1, -0.05) is 30.3 Å². The molecule has 0 radical (unpaired) electrons. The highest BCUT2D eigenvalue weighted by atomic mass is 19.1. The fourth-order valence-electron chi connectivity index (χ4n) is 3.57. The molecule has 160 valence electrons. The van der Waals surface area contributed by atoms with Crippen LogP contribution in [0, 0.1) is 12.7 Å². The molecule has 1 saturated heterocycles. The Bertz CT molecular complexity index is 1070. The van der Waals surface area contributed by atoms with Crippen molar-refractivity contribution in [2.24, 2.45) is 5.10 Å². The summed E-state index contributed by atoms with van der Waals surface area (Å²) in [5.41, 5.74) is 5.07. The number of nitrogens with zero attached hydrogens (tertiary/aromatic N) is 4. The zero-order valence-corrected chi connectivity index (χ0v) is 17.3. The predicted molar refractivity (Wildman–Crippen MR) is 117 cm³/mol. The first-order chi connectivity index (χ1) is 15.1. The summed E-state index contributed by atoms with van der Waals surface area (Å²) < 4.78 is 20.7. The molecule has 0 spiro atoms.